The lowest BCUT2D eigenvalue weighted by atomic mass is 10.1. The quantitative estimate of drug-likeness (QED) is 0.375. The zero-order chi connectivity index (χ0) is 16.6. The van der Waals surface area contributed by atoms with Gasteiger partial charge < -0.3 is 10.2 Å². The predicted octanol–water partition coefficient (Wildman–Crippen LogP) is 4.03. The number of carboxylic acids is 1. The highest BCUT2D eigenvalue weighted by molar-refractivity contribution is 5.79. The summed E-state index contributed by atoms with van der Waals surface area (Å²) in [5.74, 6) is -0.734. The second-order valence-electron chi connectivity index (χ2n) is 5.54. The molecule has 4 nitrogen and oxygen atoms in total. The van der Waals surface area contributed by atoms with Crippen molar-refractivity contribution in [3.63, 3.8) is 0 Å². The second kappa shape index (κ2) is 14.5. The summed E-state index contributed by atoms with van der Waals surface area (Å²) in [7, 11) is 0. The molecule has 0 aromatic heterocycles. The van der Waals surface area contributed by atoms with Crippen LogP contribution >= 0.6 is 0 Å². The Hall–Kier alpha value is -1.42. The molecule has 0 aliphatic rings. The molecule has 2 N–H and O–H groups in total. The first-order valence-corrected chi connectivity index (χ1v) is 8.29. The minimum atomic E-state index is -0.821. The molecule has 0 unspecified atom stereocenters. The Morgan fingerprint density at radius 3 is 2.41 bits per heavy atom. The van der Waals surface area contributed by atoms with E-state index in [0.29, 0.717) is 32.1 Å². The third-order valence-corrected chi connectivity index (χ3v) is 3.32. The van der Waals surface area contributed by atoms with Crippen molar-refractivity contribution in [1.82, 2.24) is 0 Å². The van der Waals surface area contributed by atoms with E-state index in [0.717, 1.165) is 6.42 Å². The highest BCUT2D eigenvalue weighted by Gasteiger charge is 2.02. The highest BCUT2D eigenvalue weighted by atomic mass is 16.4. The van der Waals surface area contributed by atoms with E-state index in [1.807, 2.05) is 6.08 Å². The number of aliphatic hydroxyl groups is 1. The highest BCUT2D eigenvalue weighted by Crippen LogP contribution is 2.05. The molecule has 0 saturated heterocycles. The van der Waals surface area contributed by atoms with Crippen LogP contribution in [0.5, 0.6) is 0 Å². The summed E-state index contributed by atoms with van der Waals surface area (Å²) in [4.78, 5) is 21.9. The fourth-order valence-corrected chi connectivity index (χ4v) is 2.00. The van der Waals surface area contributed by atoms with Crippen LogP contribution in [-0.2, 0) is 9.59 Å². The molecule has 4 heteroatoms. The molecule has 0 bridgehead atoms. The van der Waals surface area contributed by atoms with Gasteiger partial charge >= 0.3 is 5.97 Å². The Balaban J connectivity index is 3.64. The van der Waals surface area contributed by atoms with E-state index in [9.17, 15) is 14.7 Å². The molecule has 0 rings (SSSR count). The van der Waals surface area contributed by atoms with E-state index in [2.05, 4.69) is 13.0 Å². The van der Waals surface area contributed by atoms with Crippen molar-refractivity contribution < 1.29 is 19.8 Å². The number of carbonyl (C=O) groups excluding carboxylic acids is 1. The number of Topliss-reactive ketones (excluding diaryl/α,β-unsaturated/α-hetero) is 1. The number of ketones is 1. The minimum Gasteiger partial charge on any atom is -0.481 e. The standard InChI is InChI=1S/C18H30O4/c1-2-3-4-5-6-7-11-16(19)13-10-14-17(20)12-8-9-15-18(21)22/h6-7,10,13,16,19H,2-5,8-9,11-12,14-15H2,1H3,(H,21,22)/b7-6-,13-10+/t16-/m0/s1. The number of unbranched alkanes of at least 4 members (excludes halogenated alkanes) is 4. The number of hydrogen-bond acceptors (Lipinski definition) is 3. The van der Waals surface area contributed by atoms with E-state index in [1.54, 1.807) is 12.2 Å². The van der Waals surface area contributed by atoms with Gasteiger partial charge in [-0.25, -0.2) is 0 Å². The molecule has 0 radical (unpaired) electrons. The van der Waals surface area contributed by atoms with Crippen molar-refractivity contribution in [3.8, 4) is 0 Å². The molecule has 0 amide bonds. The number of carbonyl (C=O) groups is 2. The van der Waals surface area contributed by atoms with Crippen LogP contribution in [0, 0.1) is 0 Å². The fourth-order valence-electron chi connectivity index (χ4n) is 2.00. The maximum atomic E-state index is 11.5. The normalized spacial score (nSPS) is 13.0. The van der Waals surface area contributed by atoms with Crippen LogP contribution in [0.2, 0.25) is 0 Å². The monoisotopic (exact) mass is 310 g/mol. The lowest BCUT2D eigenvalue weighted by Gasteiger charge is -2.01. The molecule has 0 spiro atoms. The molecule has 0 saturated carbocycles. The van der Waals surface area contributed by atoms with Gasteiger partial charge in [-0.1, -0.05) is 44.1 Å². The van der Waals surface area contributed by atoms with Gasteiger partial charge in [0, 0.05) is 19.3 Å². The number of rotatable bonds is 14. The Morgan fingerprint density at radius 2 is 1.73 bits per heavy atom. The smallest absolute Gasteiger partial charge is 0.303 e. The molecule has 1 atom stereocenters. The van der Waals surface area contributed by atoms with Crippen LogP contribution < -0.4 is 0 Å². The van der Waals surface area contributed by atoms with Crippen molar-refractivity contribution in [2.24, 2.45) is 0 Å². The van der Waals surface area contributed by atoms with Crippen LogP contribution in [0.25, 0.3) is 0 Å². The molecule has 0 fully saturated rings. The molecule has 0 aromatic rings. The van der Waals surface area contributed by atoms with Crippen molar-refractivity contribution in [1.29, 1.82) is 0 Å². The van der Waals surface area contributed by atoms with Crippen molar-refractivity contribution >= 4 is 11.8 Å². The minimum absolute atomic E-state index is 0.0870. The average molecular weight is 310 g/mol. The van der Waals surface area contributed by atoms with Gasteiger partial charge in [-0.3, -0.25) is 9.59 Å². The number of carboxylic acid groups (broad SMARTS) is 1. The van der Waals surface area contributed by atoms with Crippen molar-refractivity contribution in [2.45, 2.75) is 77.2 Å². The van der Waals surface area contributed by atoms with E-state index in [4.69, 9.17) is 5.11 Å². The van der Waals surface area contributed by atoms with E-state index >= 15 is 0 Å². The summed E-state index contributed by atoms with van der Waals surface area (Å²) in [5.41, 5.74) is 0. The third-order valence-electron chi connectivity index (χ3n) is 3.32. The maximum Gasteiger partial charge on any atom is 0.303 e. The van der Waals surface area contributed by atoms with Gasteiger partial charge in [0.05, 0.1) is 6.10 Å². The molecule has 126 valence electrons. The second-order valence-corrected chi connectivity index (χ2v) is 5.54. The summed E-state index contributed by atoms with van der Waals surface area (Å²) in [5, 5.41) is 18.2. The van der Waals surface area contributed by atoms with Gasteiger partial charge in [0.25, 0.3) is 0 Å². The van der Waals surface area contributed by atoms with Gasteiger partial charge in [0.15, 0.2) is 0 Å². The molecule has 0 aliphatic heterocycles. The SMILES string of the molecule is CCCCC/C=C\C[C@H](O)/C=C/CC(=O)CCCCC(=O)O. The number of allylic oxidation sites excluding steroid dienone is 2. The van der Waals surface area contributed by atoms with E-state index in [-0.39, 0.29) is 12.2 Å². The summed E-state index contributed by atoms with van der Waals surface area (Å²) in [6, 6.07) is 0. The molecular formula is C18H30O4. The van der Waals surface area contributed by atoms with Crippen LogP contribution in [0.4, 0.5) is 0 Å². The first-order chi connectivity index (χ1) is 10.6. The Morgan fingerprint density at radius 1 is 1.00 bits per heavy atom. The molecular weight excluding hydrogens is 280 g/mol. The van der Waals surface area contributed by atoms with Crippen LogP contribution in [-0.4, -0.2) is 28.1 Å². The van der Waals surface area contributed by atoms with Crippen LogP contribution in [0.15, 0.2) is 24.3 Å². The zero-order valence-electron chi connectivity index (χ0n) is 13.7. The van der Waals surface area contributed by atoms with Gasteiger partial charge in [-0.05, 0) is 32.1 Å². The van der Waals surface area contributed by atoms with E-state index in [1.165, 1.54) is 19.3 Å². The van der Waals surface area contributed by atoms with Crippen molar-refractivity contribution in [2.75, 3.05) is 0 Å². The average Bonchev–Trinajstić information content (AvgIpc) is 2.47. The Bertz CT molecular complexity index is 358. The first kappa shape index (κ1) is 20.6. The molecule has 22 heavy (non-hydrogen) atoms. The number of hydrogen-bond donors (Lipinski definition) is 2. The maximum absolute atomic E-state index is 11.5. The largest absolute Gasteiger partial charge is 0.481 e. The summed E-state index contributed by atoms with van der Waals surface area (Å²) in [6.45, 7) is 2.17. The first-order valence-electron chi connectivity index (χ1n) is 8.29. The van der Waals surface area contributed by atoms with Gasteiger partial charge in [-0.2, -0.15) is 0 Å². The molecule has 0 heterocycles. The lowest BCUT2D eigenvalue weighted by molar-refractivity contribution is -0.137. The van der Waals surface area contributed by atoms with E-state index < -0.39 is 12.1 Å². The zero-order valence-corrected chi connectivity index (χ0v) is 13.7. The van der Waals surface area contributed by atoms with Crippen LogP contribution in [0.3, 0.4) is 0 Å². The fraction of sp³-hybridized carbons (Fsp3) is 0.667. The summed E-state index contributed by atoms with van der Waals surface area (Å²) >= 11 is 0. The predicted molar refractivity (Wildman–Crippen MR) is 88.8 cm³/mol. The molecule has 0 aromatic carbocycles. The van der Waals surface area contributed by atoms with Crippen LogP contribution in [0.1, 0.15) is 71.1 Å². The Labute approximate surface area is 133 Å². The Kier molecular flexibility index (Phi) is 13.6. The topological polar surface area (TPSA) is 74.6 Å². The number of aliphatic carboxylic acids is 1. The lowest BCUT2D eigenvalue weighted by Crippen LogP contribution is -2.01. The van der Waals surface area contributed by atoms with Gasteiger partial charge in [0.1, 0.15) is 5.78 Å². The van der Waals surface area contributed by atoms with Gasteiger partial charge in [0.2, 0.25) is 0 Å². The summed E-state index contributed by atoms with van der Waals surface area (Å²) in [6.07, 6.45) is 14.2. The summed E-state index contributed by atoms with van der Waals surface area (Å²) < 4.78 is 0. The third kappa shape index (κ3) is 15.0. The van der Waals surface area contributed by atoms with Crippen molar-refractivity contribution in [3.05, 3.63) is 24.3 Å². The number of aliphatic hydroxyl groups excluding tert-OH is 1. The van der Waals surface area contributed by atoms with Gasteiger partial charge in [-0.15, -0.1) is 0 Å². The molecule has 0 aliphatic carbocycles.